The van der Waals surface area contributed by atoms with Crippen molar-refractivity contribution in [1.29, 1.82) is 0 Å². The van der Waals surface area contributed by atoms with Crippen LogP contribution in [0.3, 0.4) is 0 Å². The first-order valence-corrected chi connectivity index (χ1v) is 16.1. The number of carbonyl (C=O) groups excluding carboxylic acids is 2. The summed E-state index contributed by atoms with van der Waals surface area (Å²) >= 11 is 0. The number of isocyanates is 1. The summed E-state index contributed by atoms with van der Waals surface area (Å²) in [6.07, 6.45) is 3.62. The highest BCUT2D eigenvalue weighted by atomic mass is 32.2. The van der Waals surface area contributed by atoms with Gasteiger partial charge in [-0.3, -0.25) is 0 Å². The lowest BCUT2D eigenvalue weighted by Crippen LogP contribution is -2.10. The van der Waals surface area contributed by atoms with Crippen LogP contribution in [0.4, 0.5) is 0 Å². The highest BCUT2D eigenvalue weighted by Crippen LogP contribution is 2.28. The maximum atomic E-state index is 10.2. The average molecular weight is 390 g/mol. The summed E-state index contributed by atoms with van der Waals surface area (Å²) in [7, 11) is -3.53. The maximum absolute atomic E-state index is 10.2. The quantitative estimate of drug-likeness (QED) is 0.274. The topological polar surface area (TPSA) is 97.7 Å². The van der Waals surface area contributed by atoms with E-state index in [0.29, 0.717) is 0 Å². The standard InChI is InChI=1S/C4H12Si.C3H9OP.C3H6O.C2H3NO.C2H6O2S/c2*1-5(2,3)4;1-3(2)4;1-3-2-4;1-5(2,3)4/h1-4H3;1-3H3;1-2H3;1H3;1-2H3. The lowest BCUT2D eigenvalue weighted by Gasteiger charge is -2.01. The molecule has 23 heavy (non-hydrogen) atoms. The van der Waals surface area contributed by atoms with Crippen molar-refractivity contribution in [2.24, 2.45) is 4.99 Å². The van der Waals surface area contributed by atoms with Gasteiger partial charge in [-0.15, -0.1) is 0 Å². The zero-order valence-electron chi connectivity index (χ0n) is 16.8. The largest absolute Gasteiger partial charge is 0.324 e. The van der Waals surface area contributed by atoms with Crippen LogP contribution in [0.2, 0.25) is 26.2 Å². The zero-order chi connectivity index (χ0) is 20.5. The summed E-state index contributed by atoms with van der Waals surface area (Å²) in [4.78, 5) is 21.3. The second-order valence-electron chi connectivity index (χ2n) is 7.26. The van der Waals surface area contributed by atoms with Crippen molar-refractivity contribution in [3.8, 4) is 0 Å². The van der Waals surface area contributed by atoms with E-state index < -0.39 is 25.1 Å². The number of ketones is 1. The molecule has 0 N–H and O–H groups in total. The Bertz CT molecular complexity index is 446. The molecule has 0 radical (unpaired) electrons. The molecule has 0 heterocycles. The smallest absolute Gasteiger partial charge is 0.234 e. The molecule has 0 saturated heterocycles. The normalized spacial score (nSPS) is 9.57. The fraction of sp³-hybridized carbons (Fsp3) is 0.857. The Balaban J connectivity index is -0.0000000589. The number of aliphatic imine (C=N–C) groups is 1. The molecule has 0 aromatic rings. The second kappa shape index (κ2) is 17.8. The lowest BCUT2D eigenvalue weighted by molar-refractivity contribution is -0.115. The van der Waals surface area contributed by atoms with Crippen LogP contribution in [0.25, 0.3) is 0 Å². The van der Waals surface area contributed by atoms with Gasteiger partial charge >= 0.3 is 0 Å². The molecule has 6 nitrogen and oxygen atoms in total. The van der Waals surface area contributed by atoms with Gasteiger partial charge < -0.3 is 9.36 Å². The molecule has 0 rings (SSSR count). The fourth-order valence-electron chi connectivity index (χ4n) is 0. The second-order valence-corrected chi connectivity index (χ2v) is 19.3. The van der Waals surface area contributed by atoms with E-state index in [9.17, 15) is 17.8 Å². The van der Waals surface area contributed by atoms with Gasteiger partial charge in [0.15, 0.2) is 0 Å². The molecule has 0 amide bonds. The number of hydrogen-bond acceptors (Lipinski definition) is 6. The van der Waals surface area contributed by atoms with Gasteiger partial charge in [0.2, 0.25) is 6.08 Å². The molecule has 0 aliphatic heterocycles. The Labute approximate surface area is 144 Å². The van der Waals surface area contributed by atoms with Gasteiger partial charge in [-0.2, -0.15) is 0 Å². The van der Waals surface area contributed by atoms with Gasteiger partial charge in [0.1, 0.15) is 15.6 Å². The van der Waals surface area contributed by atoms with Crippen LogP contribution in [0, 0.1) is 0 Å². The summed E-state index contributed by atoms with van der Waals surface area (Å²) in [5.41, 5.74) is 0. The molecule has 0 spiro atoms. The van der Waals surface area contributed by atoms with E-state index in [-0.39, 0.29) is 5.78 Å². The Morgan fingerprint density at radius 2 is 1.04 bits per heavy atom. The van der Waals surface area contributed by atoms with Crippen LogP contribution in [0.1, 0.15) is 13.8 Å². The highest BCUT2D eigenvalue weighted by Gasteiger charge is 1.99. The summed E-state index contributed by atoms with van der Waals surface area (Å²) < 4.78 is 29.5. The minimum absolute atomic E-state index is 0.167. The molecule has 9 heteroatoms. The molecular weight excluding hydrogens is 353 g/mol. The third-order valence-electron chi connectivity index (χ3n) is 0.0913. The Morgan fingerprint density at radius 1 is 1.00 bits per heavy atom. The molecule has 142 valence electrons. The summed E-state index contributed by atoms with van der Waals surface area (Å²) in [5.74, 6) is 0.167. The van der Waals surface area contributed by atoms with Crippen molar-refractivity contribution < 1.29 is 22.6 Å². The fourth-order valence-corrected chi connectivity index (χ4v) is 0. The minimum atomic E-state index is -2.67. The number of carbonyl (C=O) groups is 1. The first-order chi connectivity index (χ1) is 9.65. The average Bonchev–Trinajstić information content (AvgIpc) is 2.07. The molecule has 0 aromatic carbocycles. The van der Waals surface area contributed by atoms with Crippen molar-refractivity contribution in [1.82, 2.24) is 0 Å². The third kappa shape index (κ3) is 40600. The maximum Gasteiger partial charge on any atom is 0.234 e. The van der Waals surface area contributed by atoms with E-state index in [4.69, 9.17) is 4.79 Å². The monoisotopic (exact) mass is 389 g/mol. The molecule has 0 aliphatic carbocycles. The lowest BCUT2D eigenvalue weighted by atomic mass is 10.6. The number of Topliss-reactive ketones (excluding diaryl/α,β-unsaturated/α-hetero) is 1. The van der Waals surface area contributed by atoms with Crippen LogP contribution in [0.15, 0.2) is 4.99 Å². The molecule has 0 unspecified atom stereocenters. The van der Waals surface area contributed by atoms with Crippen molar-refractivity contribution >= 4 is 36.9 Å². The van der Waals surface area contributed by atoms with Crippen molar-refractivity contribution in [3.05, 3.63) is 0 Å². The van der Waals surface area contributed by atoms with E-state index in [1.54, 1.807) is 20.0 Å². The van der Waals surface area contributed by atoms with Crippen LogP contribution in [-0.4, -0.2) is 67.9 Å². The van der Waals surface area contributed by atoms with Crippen LogP contribution < -0.4 is 0 Å². The van der Waals surface area contributed by atoms with Gasteiger partial charge in [0, 0.05) is 27.6 Å². The number of hydrogen-bond donors (Lipinski definition) is 0. The number of rotatable bonds is 0. The molecule has 0 atom stereocenters. The molecule has 0 aliphatic rings. The number of nitrogens with zero attached hydrogens (tertiary/aromatic N) is 1. The molecule has 0 saturated carbocycles. The molecule has 0 bridgehead atoms. The first-order valence-electron chi connectivity index (χ1n) is 6.75. The summed E-state index contributed by atoms with van der Waals surface area (Å²) in [6.45, 7) is 17.6. The SMILES string of the molecule is CC(C)=O.CN=C=O.CP(C)(C)=O.CS(C)(=O)=O.C[Si](C)(C)C. The zero-order valence-corrected chi connectivity index (χ0v) is 19.6. The predicted octanol–water partition coefficient (Wildman–Crippen LogP) is 3.40. The molecule has 0 fully saturated rings. The minimum Gasteiger partial charge on any atom is -0.324 e. The van der Waals surface area contributed by atoms with E-state index in [1.807, 2.05) is 0 Å². The van der Waals surface area contributed by atoms with Gasteiger partial charge in [-0.1, -0.05) is 26.2 Å². The Morgan fingerprint density at radius 3 is 1.04 bits per heavy atom. The summed E-state index contributed by atoms with van der Waals surface area (Å²) in [5, 5.41) is 0. The molecular formula is C14H36NO5PSSi. The van der Waals surface area contributed by atoms with Crippen molar-refractivity contribution in [3.63, 3.8) is 0 Å². The van der Waals surface area contributed by atoms with Gasteiger partial charge in [-0.05, 0) is 33.8 Å². The Kier molecular flexibility index (Phi) is 26.2. The van der Waals surface area contributed by atoms with Crippen LogP contribution in [-0.2, 0) is 24.0 Å². The van der Waals surface area contributed by atoms with Gasteiger partial charge in [-0.25, -0.2) is 18.2 Å². The van der Waals surface area contributed by atoms with E-state index in [0.717, 1.165) is 12.5 Å². The van der Waals surface area contributed by atoms with E-state index >= 15 is 0 Å². The van der Waals surface area contributed by atoms with E-state index in [2.05, 4.69) is 31.2 Å². The van der Waals surface area contributed by atoms with Crippen molar-refractivity contribution in [2.45, 2.75) is 40.0 Å². The third-order valence-corrected chi connectivity index (χ3v) is 0.0913. The summed E-state index contributed by atoms with van der Waals surface area (Å²) in [6, 6.07) is 0. The Hall–Kier alpha value is -0.553. The van der Waals surface area contributed by atoms with E-state index in [1.165, 1.54) is 27.0 Å². The van der Waals surface area contributed by atoms with Crippen LogP contribution in [0.5, 0.6) is 0 Å². The highest BCUT2D eigenvalue weighted by molar-refractivity contribution is 7.89. The van der Waals surface area contributed by atoms with Gasteiger partial charge in [0.05, 0.1) is 7.14 Å². The predicted molar refractivity (Wildman–Crippen MR) is 106 cm³/mol. The van der Waals surface area contributed by atoms with Gasteiger partial charge in [0.25, 0.3) is 0 Å². The molecule has 0 aromatic heterocycles. The first kappa shape index (κ1) is 33.9. The number of sulfone groups is 1. The van der Waals surface area contributed by atoms with Crippen LogP contribution >= 0.6 is 7.14 Å². The van der Waals surface area contributed by atoms with Crippen molar-refractivity contribution in [2.75, 3.05) is 39.6 Å².